The van der Waals surface area contributed by atoms with Crippen molar-refractivity contribution in [3.05, 3.63) is 11.6 Å². The highest BCUT2D eigenvalue weighted by Crippen LogP contribution is 2.68. The van der Waals surface area contributed by atoms with Crippen LogP contribution in [0.2, 0.25) is 0 Å². The molecule has 23 heavy (non-hydrogen) atoms. The van der Waals surface area contributed by atoms with Crippen molar-refractivity contribution >= 4 is 5.97 Å². The minimum Gasteiger partial charge on any atom is -0.469 e. The van der Waals surface area contributed by atoms with Crippen molar-refractivity contribution in [2.75, 3.05) is 7.11 Å². The number of carbonyl (C=O) groups excluding carboxylic acids is 1. The van der Waals surface area contributed by atoms with Crippen LogP contribution in [0, 0.1) is 34.0 Å². The molecule has 2 nitrogen and oxygen atoms in total. The third-order valence-electron chi connectivity index (χ3n) is 8.07. The number of fused-ring (bicyclic) bond motifs is 3. The Bertz CT molecular complexity index is 532. The monoisotopic (exact) mass is 318 g/mol. The van der Waals surface area contributed by atoms with Crippen LogP contribution < -0.4 is 0 Å². The second-order valence-corrected chi connectivity index (χ2v) is 9.64. The Balaban J connectivity index is 2.05. The van der Waals surface area contributed by atoms with Crippen molar-refractivity contribution in [3.8, 4) is 0 Å². The average molecular weight is 319 g/mol. The van der Waals surface area contributed by atoms with Crippen molar-refractivity contribution in [1.82, 2.24) is 0 Å². The number of hydrogen-bond acceptors (Lipinski definition) is 2. The van der Waals surface area contributed by atoms with Gasteiger partial charge in [-0.2, -0.15) is 0 Å². The van der Waals surface area contributed by atoms with Gasteiger partial charge in [0.15, 0.2) is 0 Å². The van der Waals surface area contributed by atoms with E-state index in [0.29, 0.717) is 16.7 Å². The van der Waals surface area contributed by atoms with E-state index in [1.54, 1.807) is 7.11 Å². The van der Waals surface area contributed by atoms with Crippen molar-refractivity contribution in [3.63, 3.8) is 0 Å². The first-order chi connectivity index (χ1) is 10.7. The molecule has 1 unspecified atom stereocenters. The van der Waals surface area contributed by atoms with Crippen LogP contribution in [0.15, 0.2) is 11.6 Å². The molecule has 0 aromatic carbocycles. The molecule has 2 fully saturated rings. The minimum atomic E-state index is -0.0472. The lowest BCUT2D eigenvalue weighted by molar-refractivity contribution is -0.169. The smallest absolute Gasteiger partial charge is 0.313 e. The zero-order valence-corrected chi connectivity index (χ0v) is 15.9. The van der Waals surface area contributed by atoms with Crippen LogP contribution in [-0.2, 0) is 9.53 Å². The lowest BCUT2D eigenvalue weighted by Gasteiger charge is -2.64. The summed E-state index contributed by atoms with van der Waals surface area (Å²) in [6, 6.07) is 0. The van der Waals surface area contributed by atoms with Gasteiger partial charge >= 0.3 is 5.97 Å². The molecule has 0 aromatic heterocycles. The van der Waals surface area contributed by atoms with Gasteiger partial charge in [0.25, 0.3) is 0 Å². The summed E-state index contributed by atoms with van der Waals surface area (Å²) in [5.41, 5.74) is 2.08. The van der Waals surface area contributed by atoms with Crippen LogP contribution in [-0.4, -0.2) is 13.1 Å². The number of methoxy groups -OCH3 is 1. The third-order valence-corrected chi connectivity index (χ3v) is 8.07. The van der Waals surface area contributed by atoms with Gasteiger partial charge in [0, 0.05) is 0 Å². The molecule has 130 valence electrons. The minimum absolute atomic E-state index is 0.0249. The van der Waals surface area contributed by atoms with E-state index < -0.39 is 0 Å². The van der Waals surface area contributed by atoms with Gasteiger partial charge in [-0.25, -0.2) is 0 Å². The van der Waals surface area contributed by atoms with E-state index in [-0.39, 0.29) is 17.3 Å². The summed E-state index contributed by atoms with van der Waals surface area (Å²) in [5, 5.41) is 0. The van der Waals surface area contributed by atoms with Gasteiger partial charge in [-0.3, -0.25) is 4.79 Å². The number of allylic oxidation sites excluding steroid dienone is 1. The molecule has 0 spiro atoms. The molecule has 0 saturated heterocycles. The third kappa shape index (κ3) is 2.31. The molecule has 0 heterocycles. The second-order valence-electron chi connectivity index (χ2n) is 9.64. The Morgan fingerprint density at radius 3 is 2.43 bits per heavy atom. The largest absolute Gasteiger partial charge is 0.469 e. The Morgan fingerprint density at radius 2 is 1.78 bits per heavy atom. The fraction of sp³-hybridized carbons (Fsp3) is 0.857. The highest BCUT2D eigenvalue weighted by molar-refractivity contribution is 5.77. The van der Waals surface area contributed by atoms with E-state index >= 15 is 0 Å². The molecule has 5 atom stereocenters. The molecule has 0 aromatic rings. The quantitative estimate of drug-likeness (QED) is 0.479. The number of esters is 1. The maximum Gasteiger partial charge on any atom is 0.313 e. The summed E-state index contributed by atoms with van der Waals surface area (Å²) in [5.74, 6) is 1.31. The molecule has 3 aliphatic carbocycles. The van der Waals surface area contributed by atoms with Gasteiger partial charge in [-0.05, 0) is 67.1 Å². The fourth-order valence-corrected chi connectivity index (χ4v) is 7.09. The van der Waals surface area contributed by atoms with Gasteiger partial charge in [0.2, 0.25) is 0 Å². The van der Waals surface area contributed by atoms with Crippen molar-refractivity contribution < 1.29 is 9.53 Å². The topological polar surface area (TPSA) is 26.3 Å². The predicted octanol–water partition coefficient (Wildman–Crippen LogP) is 5.37. The number of rotatable bonds is 1. The molecule has 0 aliphatic heterocycles. The Kier molecular flexibility index (Phi) is 3.97. The normalized spacial score (nSPS) is 45.5. The molecule has 0 bridgehead atoms. The summed E-state index contributed by atoms with van der Waals surface area (Å²) in [6.07, 6.45) is 9.90. The number of carbonyl (C=O) groups is 1. The molecule has 2 saturated carbocycles. The van der Waals surface area contributed by atoms with E-state index in [4.69, 9.17) is 4.74 Å². The maximum atomic E-state index is 12.6. The van der Waals surface area contributed by atoms with Crippen LogP contribution in [0.1, 0.15) is 73.1 Å². The highest BCUT2D eigenvalue weighted by Gasteiger charge is 2.61. The average Bonchev–Trinajstić information content (AvgIpc) is 2.44. The highest BCUT2D eigenvalue weighted by atomic mass is 16.5. The molecule has 3 rings (SSSR count). The summed E-state index contributed by atoms with van der Waals surface area (Å²) in [4.78, 5) is 12.6. The Hall–Kier alpha value is -0.790. The Labute approximate surface area is 142 Å². The van der Waals surface area contributed by atoms with Crippen molar-refractivity contribution in [2.24, 2.45) is 34.0 Å². The van der Waals surface area contributed by atoms with Crippen LogP contribution in [0.25, 0.3) is 0 Å². The van der Waals surface area contributed by atoms with Gasteiger partial charge < -0.3 is 4.74 Å². The van der Waals surface area contributed by atoms with Crippen LogP contribution in [0.3, 0.4) is 0 Å². The van der Waals surface area contributed by atoms with Crippen molar-refractivity contribution in [1.29, 1.82) is 0 Å². The van der Waals surface area contributed by atoms with Crippen LogP contribution >= 0.6 is 0 Å². The first-order valence-electron chi connectivity index (χ1n) is 9.41. The van der Waals surface area contributed by atoms with Gasteiger partial charge in [-0.1, -0.05) is 45.8 Å². The zero-order valence-electron chi connectivity index (χ0n) is 15.9. The summed E-state index contributed by atoms with van der Waals surface area (Å²) >= 11 is 0. The molecule has 0 radical (unpaired) electrons. The molecule has 0 amide bonds. The maximum absolute atomic E-state index is 12.6. The van der Waals surface area contributed by atoms with E-state index in [2.05, 4.69) is 40.7 Å². The van der Waals surface area contributed by atoms with E-state index in [1.807, 2.05) is 0 Å². The van der Waals surface area contributed by atoms with E-state index in [1.165, 1.54) is 31.3 Å². The molecule has 3 aliphatic rings. The van der Waals surface area contributed by atoms with Gasteiger partial charge in [0.05, 0.1) is 13.0 Å². The van der Waals surface area contributed by atoms with Crippen LogP contribution in [0.4, 0.5) is 0 Å². The molecule has 2 heteroatoms. The van der Waals surface area contributed by atoms with Gasteiger partial charge in [-0.15, -0.1) is 0 Å². The lowest BCUT2D eigenvalue weighted by Crippen LogP contribution is -2.58. The Morgan fingerprint density at radius 1 is 1.09 bits per heavy atom. The molecule has 0 N–H and O–H groups in total. The predicted molar refractivity (Wildman–Crippen MR) is 93.9 cm³/mol. The second kappa shape index (κ2) is 5.36. The van der Waals surface area contributed by atoms with E-state index in [9.17, 15) is 4.79 Å². The van der Waals surface area contributed by atoms with Gasteiger partial charge in [0.1, 0.15) is 0 Å². The summed E-state index contributed by atoms with van der Waals surface area (Å²) in [7, 11) is 1.54. The van der Waals surface area contributed by atoms with Crippen LogP contribution in [0.5, 0.6) is 0 Å². The standard InChI is InChI=1S/C21H34O2/c1-14-8-9-16-20(4)12-7-11-19(2,3)15(20)10-13-21(16,5)17(14)18(22)23-6/h8,15-17H,7,9-13H2,1-6H3/t15?,16-,17+,20+,21-/m1/s1. The SMILES string of the molecule is COC(=O)[C@@H]1C(C)=CC[C@H]2[C@@]1(C)CCC1C(C)(C)CCC[C@@]12C. The first-order valence-corrected chi connectivity index (χ1v) is 9.41. The zero-order chi connectivity index (χ0) is 17.0. The molecular formula is C21H34O2. The fourth-order valence-electron chi connectivity index (χ4n) is 7.09. The lowest BCUT2D eigenvalue weighted by atomic mass is 9.40. The summed E-state index contributed by atoms with van der Waals surface area (Å²) < 4.78 is 5.20. The first kappa shape index (κ1) is 17.0. The van der Waals surface area contributed by atoms with Crippen molar-refractivity contribution in [2.45, 2.75) is 73.1 Å². The van der Waals surface area contributed by atoms with E-state index in [0.717, 1.165) is 18.8 Å². The summed E-state index contributed by atoms with van der Waals surface area (Å²) in [6.45, 7) is 12.0. The number of hydrogen-bond donors (Lipinski definition) is 0. The molecular weight excluding hydrogens is 284 g/mol. The number of ether oxygens (including phenoxy) is 1.